The van der Waals surface area contributed by atoms with Crippen LogP contribution in [0.4, 0.5) is 0 Å². The summed E-state index contributed by atoms with van der Waals surface area (Å²) in [4.78, 5) is 10.5. The zero-order chi connectivity index (χ0) is 14.0. The summed E-state index contributed by atoms with van der Waals surface area (Å²) in [6.07, 6.45) is 8.57. The molecule has 0 fully saturated rings. The number of hydrogen-bond acceptors (Lipinski definition) is 3. The van der Waals surface area contributed by atoms with Crippen molar-refractivity contribution in [3.8, 4) is 0 Å². The topological polar surface area (TPSA) is 35.5 Å². The molecule has 108 valence electrons. The normalized spacial score (nSPS) is 21.8. The first-order valence-corrected chi connectivity index (χ1v) is 7.26. The van der Waals surface area contributed by atoms with Gasteiger partial charge in [0.05, 0.1) is 18.8 Å². The van der Waals surface area contributed by atoms with E-state index in [1.54, 1.807) is 0 Å². The Hall–Kier alpha value is -1.45. The van der Waals surface area contributed by atoms with Crippen LogP contribution in [0.5, 0.6) is 0 Å². The van der Waals surface area contributed by atoms with E-state index in [4.69, 9.17) is 9.47 Å². The fraction of sp³-hybridized carbons (Fsp3) is 0.471. The third-order valence-corrected chi connectivity index (χ3v) is 3.37. The summed E-state index contributed by atoms with van der Waals surface area (Å²) < 4.78 is 11.5. The Labute approximate surface area is 120 Å². The molecule has 20 heavy (non-hydrogen) atoms. The summed E-state index contributed by atoms with van der Waals surface area (Å²) in [6.45, 7) is 1.41. The van der Waals surface area contributed by atoms with Crippen LogP contribution in [0, 0.1) is 0 Å². The van der Waals surface area contributed by atoms with Crippen LogP contribution in [0.1, 0.15) is 31.2 Å². The average Bonchev–Trinajstić information content (AvgIpc) is 2.49. The lowest BCUT2D eigenvalue weighted by Gasteiger charge is -2.24. The average molecular weight is 274 g/mol. The molecule has 0 bridgehead atoms. The van der Waals surface area contributed by atoms with Crippen LogP contribution in [0.15, 0.2) is 42.5 Å². The number of aldehydes is 1. The molecule has 1 aliphatic rings. The molecule has 0 saturated heterocycles. The van der Waals surface area contributed by atoms with Gasteiger partial charge in [-0.05, 0) is 24.8 Å². The van der Waals surface area contributed by atoms with E-state index in [2.05, 4.69) is 18.2 Å². The Kier molecular flexibility index (Phi) is 6.48. The van der Waals surface area contributed by atoms with Gasteiger partial charge in [0.15, 0.2) is 0 Å². The Morgan fingerprint density at radius 2 is 2.15 bits per heavy atom. The van der Waals surface area contributed by atoms with Gasteiger partial charge in [-0.1, -0.05) is 42.5 Å². The first-order valence-electron chi connectivity index (χ1n) is 7.26. The van der Waals surface area contributed by atoms with E-state index in [1.807, 2.05) is 24.3 Å². The fourth-order valence-corrected chi connectivity index (χ4v) is 2.32. The highest BCUT2D eigenvalue weighted by atomic mass is 16.5. The molecule has 1 aromatic rings. The van der Waals surface area contributed by atoms with Crippen LogP contribution in [0.25, 0.3) is 0 Å². The maximum absolute atomic E-state index is 10.5. The van der Waals surface area contributed by atoms with Crippen molar-refractivity contribution >= 4 is 6.29 Å². The van der Waals surface area contributed by atoms with Crippen LogP contribution < -0.4 is 0 Å². The van der Waals surface area contributed by atoms with E-state index in [-0.39, 0.29) is 12.2 Å². The van der Waals surface area contributed by atoms with Crippen molar-refractivity contribution in [1.82, 2.24) is 0 Å². The lowest BCUT2D eigenvalue weighted by molar-refractivity contribution is -0.110. The molecule has 0 aliphatic carbocycles. The van der Waals surface area contributed by atoms with Gasteiger partial charge in [0.2, 0.25) is 0 Å². The fourth-order valence-electron chi connectivity index (χ4n) is 2.32. The Morgan fingerprint density at radius 1 is 1.30 bits per heavy atom. The molecule has 3 heteroatoms. The number of benzene rings is 1. The van der Waals surface area contributed by atoms with Crippen LogP contribution in [0.3, 0.4) is 0 Å². The van der Waals surface area contributed by atoms with E-state index in [1.165, 1.54) is 5.56 Å². The van der Waals surface area contributed by atoms with Crippen molar-refractivity contribution in [2.45, 2.75) is 44.5 Å². The molecule has 1 aromatic carbocycles. The van der Waals surface area contributed by atoms with Crippen LogP contribution in [-0.4, -0.2) is 25.1 Å². The molecule has 0 unspecified atom stereocenters. The SMILES string of the molecule is O=CC[C@@H]1C=CC[C@@H](CCCOCc2ccccc2)O1. The molecule has 1 heterocycles. The molecule has 3 nitrogen and oxygen atoms in total. The quantitative estimate of drug-likeness (QED) is 0.414. The Morgan fingerprint density at radius 3 is 2.95 bits per heavy atom. The highest BCUT2D eigenvalue weighted by molar-refractivity contribution is 5.50. The zero-order valence-corrected chi connectivity index (χ0v) is 11.7. The summed E-state index contributed by atoms with van der Waals surface area (Å²) >= 11 is 0. The Bertz CT molecular complexity index is 414. The van der Waals surface area contributed by atoms with Gasteiger partial charge < -0.3 is 14.3 Å². The lowest BCUT2D eigenvalue weighted by atomic mass is 10.1. The van der Waals surface area contributed by atoms with Gasteiger partial charge in [-0.15, -0.1) is 0 Å². The number of hydrogen-bond donors (Lipinski definition) is 0. The highest BCUT2D eigenvalue weighted by Gasteiger charge is 2.17. The first kappa shape index (κ1) is 14.9. The predicted octanol–water partition coefficient (Wildman–Crippen LogP) is 3.29. The summed E-state index contributed by atoms with van der Waals surface area (Å²) in [6, 6.07) is 10.2. The largest absolute Gasteiger partial charge is 0.377 e. The van der Waals surface area contributed by atoms with E-state index >= 15 is 0 Å². The van der Waals surface area contributed by atoms with Crippen molar-refractivity contribution in [2.24, 2.45) is 0 Å². The summed E-state index contributed by atoms with van der Waals surface area (Å²) in [7, 11) is 0. The molecular weight excluding hydrogens is 252 g/mol. The number of ether oxygens (including phenoxy) is 2. The zero-order valence-electron chi connectivity index (χ0n) is 11.7. The van der Waals surface area contributed by atoms with Gasteiger partial charge in [0.25, 0.3) is 0 Å². The number of carbonyl (C=O) groups is 1. The minimum Gasteiger partial charge on any atom is -0.377 e. The molecule has 1 aliphatic heterocycles. The number of carbonyl (C=O) groups excluding carboxylic acids is 1. The van der Waals surface area contributed by atoms with Crippen LogP contribution in [-0.2, 0) is 20.9 Å². The standard InChI is InChI=1S/C17H22O3/c18-12-11-17-9-4-8-16(20-17)10-5-13-19-14-15-6-2-1-3-7-15/h1-4,6-7,9,12,16-17H,5,8,10-11,13-14H2/t16-,17-/m0/s1. The second-order valence-electron chi connectivity index (χ2n) is 5.04. The van der Waals surface area contributed by atoms with Gasteiger partial charge >= 0.3 is 0 Å². The molecule has 0 N–H and O–H groups in total. The molecule has 2 rings (SSSR count). The van der Waals surface area contributed by atoms with Gasteiger partial charge in [-0.2, -0.15) is 0 Å². The maximum atomic E-state index is 10.5. The molecule has 0 spiro atoms. The molecule has 0 saturated carbocycles. The number of rotatable bonds is 8. The minimum atomic E-state index is -0.0310. The van der Waals surface area contributed by atoms with Crippen molar-refractivity contribution in [1.29, 1.82) is 0 Å². The molecular formula is C17H22O3. The molecule has 0 amide bonds. The van der Waals surface area contributed by atoms with Crippen LogP contribution in [0.2, 0.25) is 0 Å². The molecule has 0 radical (unpaired) electrons. The first-order chi connectivity index (χ1) is 9.88. The summed E-state index contributed by atoms with van der Waals surface area (Å²) in [5, 5.41) is 0. The van der Waals surface area contributed by atoms with Crippen molar-refractivity contribution in [2.75, 3.05) is 6.61 Å². The van der Waals surface area contributed by atoms with Gasteiger partial charge in [-0.25, -0.2) is 0 Å². The maximum Gasteiger partial charge on any atom is 0.122 e. The summed E-state index contributed by atoms with van der Waals surface area (Å²) in [5.41, 5.74) is 1.20. The molecule has 2 atom stereocenters. The predicted molar refractivity (Wildman–Crippen MR) is 78.4 cm³/mol. The van der Waals surface area contributed by atoms with E-state index in [0.29, 0.717) is 13.0 Å². The van der Waals surface area contributed by atoms with Crippen molar-refractivity contribution in [3.63, 3.8) is 0 Å². The van der Waals surface area contributed by atoms with E-state index in [9.17, 15) is 4.79 Å². The minimum absolute atomic E-state index is 0.0310. The van der Waals surface area contributed by atoms with Gasteiger partial charge in [-0.3, -0.25) is 0 Å². The smallest absolute Gasteiger partial charge is 0.122 e. The van der Waals surface area contributed by atoms with Crippen molar-refractivity contribution in [3.05, 3.63) is 48.0 Å². The lowest BCUT2D eigenvalue weighted by Crippen LogP contribution is -2.24. The van der Waals surface area contributed by atoms with Gasteiger partial charge in [0.1, 0.15) is 6.29 Å². The summed E-state index contributed by atoms with van der Waals surface area (Å²) in [5.74, 6) is 0. The Balaban J connectivity index is 1.57. The highest BCUT2D eigenvalue weighted by Crippen LogP contribution is 2.18. The third-order valence-electron chi connectivity index (χ3n) is 3.37. The second-order valence-corrected chi connectivity index (χ2v) is 5.04. The van der Waals surface area contributed by atoms with Crippen molar-refractivity contribution < 1.29 is 14.3 Å². The van der Waals surface area contributed by atoms with E-state index in [0.717, 1.165) is 32.2 Å². The second kappa shape index (κ2) is 8.67. The molecule has 0 aromatic heterocycles. The van der Waals surface area contributed by atoms with Gasteiger partial charge in [0, 0.05) is 13.0 Å². The third kappa shape index (κ3) is 5.27. The van der Waals surface area contributed by atoms with Crippen LogP contribution >= 0.6 is 0 Å². The monoisotopic (exact) mass is 274 g/mol. The van der Waals surface area contributed by atoms with E-state index < -0.39 is 0 Å².